The van der Waals surface area contributed by atoms with Crippen LogP contribution in [-0.2, 0) is 23.1 Å². The van der Waals surface area contributed by atoms with Crippen molar-refractivity contribution in [1.29, 1.82) is 0 Å². The summed E-state index contributed by atoms with van der Waals surface area (Å²) in [6.07, 6.45) is 1.48. The van der Waals surface area contributed by atoms with E-state index >= 15 is 0 Å². The molecule has 0 aromatic carbocycles. The SMILES string of the molecule is CCNC(=NCc1ncnn1C)NCC(=O)OC(C)(C)C.I. The number of nitrogens with one attached hydrogen (secondary N) is 2. The molecule has 1 heterocycles. The minimum atomic E-state index is -0.493. The highest BCUT2D eigenvalue weighted by atomic mass is 127. The Labute approximate surface area is 148 Å². The van der Waals surface area contributed by atoms with E-state index in [4.69, 9.17) is 4.74 Å². The quantitative estimate of drug-likeness (QED) is 0.315. The van der Waals surface area contributed by atoms with Gasteiger partial charge >= 0.3 is 5.97 Å². The van der Waals surface area contributed by atoms with Crippen molar-refractivity contribution in [1.82, 2.24) is 25.4 Å². The van der Waals surface area contributed by atoms with Crippen LogP contribution in [0.1, 0.15) is 33.5 Å². The van der Waals surface area contributed by atoms with Crippen LogP contribution in [0.25, 0.3) is 0 Å². The molecule has 0 aliphatic rings. The number of aromatic nitrogens is 3. The molecular weight excluding hydrogens is 399 g/mol. The summed E-state index contributed by atoms with van der Waals surface area (Å²) in [6, 6.07) is 0. The van der Waals surface area contributed by atoms with Gasteiger partial charge in [-0.05, 0) is 27.7 Å². The molecule has 1 aromatic rings. The zero-order valence-electron chi connectivity index (χ0n) is 13.7. The lowest BCUT2D eigenvalue weighted by Crippen LogP contribution is -2.41. The Balaban J connectivity index is 0.00000441. The van der Waals surface area contributed by atoms with E-state index in [1.165, 1.54) is 6.33 Å². The van der Waals surface area contributed by atoms with Crippen molar-refractivity contribution in [2.24, 2.45) is 12.0 Å². The summed E-state index contributed by atoms with van der Waals surface area (Å²) in [5.41, 5.74) is -0.493. The minimum Gasteiger partial charge on any atom is -0.459 e. The second-order valence-electron chi connectivity index (χ2n) is 5.44. The molecule has 0 unspecified atom stereocenters. The third kappa shape index (κ3) is 8.15. The fourth-order valence-corrected chi connectivity index (χ4v) is 1.49. The molecule has 9 heteroatoms. The molecule has 1 aromatic heterocycles. The fraction of sp³-hybridized carbons (Fsp3) is 0.692. The number of guanidine groups is 1. The van der Waals surface area contributed by atoms with Crippen LogP contribution in [-0.4, -0.2) is 45.4 Å². The second kappa shape index (κ2) is 9.59. The number of aliphatic imine (C=N–C) groups is 1. The highest BCUT2D eigenvalue weighted by Gasteiger charge is 2.16. The number of hydrogen-bond donors (Lipinski definition) is 2. The van der Waals surface area contributed by atoms with Crippen molar-refractivity contribution < 1.29 is 9.53 Å². The Hall–Kier alpha value is -1.39. The topological polar surface area (TPSA) is 93.4 Å². The van der Waals surface area contributed by atoms with Crippen LogP contribution in [0.5, 0.6) is 0 Å². The van der Waals surface area contributed by atoms with Crippen LogP contribution in [0.2, 0.25) is 0 Å². The summed E-state index contributed by atoms with van der Waals surface area (Å²) in [5, 5.41) is 9.96. The molecule has 0 radical (unpaired) electrons. The molecule has 0 aliphatic carbocycles. The molecule has 8 nitrogen and oxygen atoms in total. The highest BCUT2D eigenvalue weighted by Crippen LogP contribution is 2.06. The first-order valence-electron chi connectivity index (χ1n) is 6.88. The number of ether oxygens (including phenoxy) is 1. The predicted molar refractivity (Wildman–Crippen MR) is 95.1 cm³/mol. The predicted octanol–water partition coefficient (Wildman–Crippen LogP) is 0.830. The molecule has 1 rings (SSSR count). The lowest BCUT2D eigenvalue weighted by molar-refractivity contribution is -0.153. The van der Waals surface area contributed by atoms with Gasteiger partial charge in [0.2, 0.25) is 0 Å². The molecule has 0 spiro atoms. The van der Waals surface area contributed by atoms with Gasteiger partial charge in [-0.2, -0.15) is 5.10 Å². The van der Waals surface area contributed by atoms with E-state index in [-0.39, 0.29) is 36.5 Å². The van der Waals surface area contributed by atoms with E-state index in [0.29, 0.717) is 19.0 Å². The number of carbonyl (C=O) groups excluding carboxylic acids is 1. The number of nitrogens with zero attached hydrogens (tertiary/aromatic N) is 4. The van der Waals surface area contributed by atoms with Crippen LogP contribution in [0.15, 0.2) is 11.3 Å². The molecular formula is C13H25IN6O2. The molecule has 2 N–H and O–H groups in total. The number of aryl methyl sites for hydroxylation is 1. The van der Waals surface area contributed by atoms with Crippen LogP contribution in [0.4, 0.5) is 0 Å². The average Bonchev–Trinajstić information content (AvgIpc) is 2.76. The van der Waals surface area contributed by atoms with Crippen molar-refractivity contribution >= 4 is 35.9 Å². The van der Waals surface area contributed by atoms with Gasteiger partial charge in [0.1, 0.15) is 30.8 Å². The summed E-state index contributed by atoms with van der Waals surface area (Å²) in [4.78, 5) is 20.1. The van der Waals surface area contributed by atoms with Crippen LogP contribution < -0.4 is 10.6 Å². The van der Waals surface area contributed by atoms with Gasteiger partial charge < -0.3 is 15.4 Å². The molecule has 0 amide bonds. The van der Waals surface area contributed by atoms with Crippen molar-refractivity contribution in [2.45, 2.75) is 39.8 Å². The Morgan fingerprint density at radius 1 is 1.41 bits per heavy atom. The number of esters is 1. The maximum atomic E-state index is 11.7. The Morgan fingerprint density at radius 2 is 2.09 bits per heavy atom. The number of carbonyl (C=O) groups is 1. The number of hydrogen-bond acceptors (Lipinski definition) is 5. The zero-order chi connectivity index (χ0) is 15.9. The molecule has 0 aliphatic heterocycles. The van der Waals surface area contributed by atoms with Gasteiger partial charge in [-0.15, -0.1) is 24.0 Å². The minimum absolute atomic E-state index is 0. The summed E-state index contributed by atoms with van der Waals surface area (Å²) < 4.78 is 6.88. The van der Waals surface area contributed by atoms with Gasteiger partial charge in [0.15, 0.2) is 5.96 Å². The Kier molecular flexibility index (Phi) is 8.99. The van der Waals surface area contributed by atoms with Gasteiger partial charge in [-0.3, -0.25) is 9.48 Å². The van der Waals surface area contributed by atoms with E-state index in [2.05, 4.69) is 25.7 Å². The van der Waals surface area contributed by atoms with E-state index in [1.54, 1.807) is 11.7 Å². The van der Waals surface area contributed by atoms with Crippen molar-refractivity contribution in [3.63, 3.8) is 0 Å². The van der Waals surface area contributed by atoms with E-state index in [1.807, 2.05) is 27.7 Å². The van der Waals surface area contributed by atoms with Crippen molar-refractivity contribution in [3.05, 3.63) is 12.2 Å². The first kappa shape index (κ1) is 20.6. The third-order valence-electron chi connectivity index (χ3n) is 2.35. The first-order chi connectivity index (χ1) is 9.81. The normalized spacial score (nSPS) is 11.6. The molecule has 126 valence electrons. The maximum Gasteiger partial charge on any atom is 0.325 e. The zero-order valence-corrected chi connectivity index (χ0v) is 16.0. The first-order valence-corrected chi connectivity index (χ1v) is 6.88. The van der Waals surface area contributed by atoms with Gasteiger partial charge in [-0.25, -0.2) is 9.98 Å². The summed E-state index contributed by atoms with van der Waals surface area (Å²) in [6.45, 7) is 8.57. The third-order valence-corrected chi connectivity index (χ3v) is 2.35. The molecule has 0 saturated carbocycles. The van der Waals surface area contributed by atoms with Crippen LogP contribution in [0, 0.1) is 0 Å². The monoisotopic (exact) mass is 424 g/mol. The molecule has 0 fully saturated rings. The smallest absolute Gasteiger partial charge is 0.325 e. The molecule has 0 saturated heterocycles. The van der Waals surface area contributed by atoms with Gasteiger partial charge in [0.25, 0.3) is 0 Å². The molecule has 0 atom stereocenters. The van der Waals surface area contributed by atoms with E-state index in [0.717, 1.165) is 5.82 Å². The number of rotatable bonds is 5. The number of halogens is 1. The fourth-order valence-electron chi connectivity index (χ4n) is 1.49. The average molecular weight is 424 g/mol. The summed E-state index contributed by atoms with van der Waals surface area (Å²) >= 11 is 0. The second-order valence-corrected chi connectivity index (χ2v) is 5.44. The standard InChI is InChI=1S/C13H24N6O2.HI/c1-6-14-12(15-7-10-17-9-18-19(10)5)16-8-11(20)21-13(2,3)4;/h9H,6-8H2,1-5H3,(H2,14,15,16);1H. The van der Waals surface area contributed by atoms with Crippen molar-refractivity contribution in [3.8, 4) is 0 Å². The largest absolute Gasteiger partial charge is 0.459 e. The lowest BCUT2D eigenvalue weighted by Gasteiger charge is -2.20. The van der Waals surface area contributed by atoms with Crippen molar-refractivity contribution in [2.75, 3.05) is 13.1 Å². The van der Waals surface area contributed by atoms with Crippen LogP contribution >= 0.6 is 24.0 Å². The van der Waals surface area contributed by atoms with Gasteiger partial charge in [0.05, 0.1) is 0 Å². The highest BCUT2D eigenvalue weighted by molar-refractivity contribution is 14.0. The summed E-state index contributed by atoms with van der Waals surface area (Å²) in [7, 11) is 1.80. The molecule has 0 bridgehead atoms. The Morgan fingerprint density at radius 3 is 2.59 bits per heavy atom. The lowest BCUT2D eigenvalue weighted by atomic mass is 10.2. The Bertz CT molecular complexity index is 495. The maximum absolute atomic E-state index is 11.7. The van der Waals surface area contributed by atoms with Gasteiger partial charge in [-0.1, -0.05) is 0 Å². The van der Waals surface area contributed by atoms with Gasteiger partial charge in [0, 0.05) is 13.6 Å². The molecule has 22 heavy (non-hydrogen) atoms. The van der Waals surface area contributed by atoms with E-state index in [9.17, 15) is 4.79 Å². The van der Waals surface area contributed by atoms with E-state index < -0.39 is 5.60 Å². The van der Waals surface area contributed by atoms with Crippen LogP contribution in [0.3, 0.4) is 0 Å². The summed E-state index contributed by atoms with van der Waals surface area (Å²) in [5.74, 6) is 0.947.